The van der Waals surface area contributed by atoms with E-state index < -0.39 is 5.91 Å². The molecular formula is C18H16N6O5. The van der Waals surface area contributed by atoms with Gasteiger partial charge in [-0.2, -0.15) is 4.98 Å². The van der Waals surface area contributed by atoms with Gasteiger partial charge in [0.05, 0.1) is 12.5 Å². The van der Waals surface area contributed by atoms with Gasteiger partial charge in [0.1, 0.15) is 12.0 Å². The summed E-state index contributed by atoms with van der Waals surface area (Å²) in [6, 6.07) is 3.14. The Morgan fingerprint density at radius 3 is 2.38 bits per heavy atom. The molecule has 3 aromatic rings. The molecule has 4 rings (SSSR count). The molecule has 0 bridgehead atoms. The van der Waals surface area contributed by atoms with Gasteiger partial charge >= 0.3 is 6.01 Å². The summed E-state index contributed by atoms with van der Waals surface area (Å²) < 4.78 is 10.3. The van der Waals surface area contributed by atoms with Gasteiger partial charge in [0, 0.05) is 38.6 Å². The number of rotatable bonds is 4. The van der Waals surface area contributed by atoms with Crippen molar-refractivity contribution >= 4 is 23.7 Å². The van der Waals surface area contributed by atoms with Gasteiger partial charge in [-0.1, -0.05) is 0 Å². The zero-order chi connectivity index (χ0) is 20.2. The monoisotopic (exact) mass is 396 g/mol. The number of carbonyl (C=O) groups is 3. The van der Waals surface area contributed by atoms with E-state index in [2.05, 4.69) is 20.3 Å². The van der Waals surface area contributed by atoms with Crippen LogP contribution in [0.25, 0.3) is 0 Å². The molecule has 0 saturated carbocycles. The minimum atomic E-state index is -0.552. The highest BCUT2D eigenvalue weighted by molar-refractivity contribution is 6.01. The molecule has 4 heterocycles. The predicted octanol–water partition coefficient (Wildman–Crippen LogP) is 0.908. The van der Waals surface area contributed by atoms with Crippen molar-refractivity contribution in [3.63, 3.8) is 0 Å². The summed E-state index contributed by atoms with van der Waals surface area (Å²) in [6.45, 7) is 1.44. The summed E-state index contributed by atoms with van der Waals surface area (Å²) in [5.74, 6) is -0.842. The topological polar surface area (TPSA) is 135 Å². The number of hydrogen-bond donors (Lipinski definition) is 1. The van der Waals surface area contributed by atoms with Gasteiger partial charge in [0.25, 0.3) is 17.7 Å². The van der Waals surface area contributed by atoms with Crippen molar-refractivity contribution < 1.29 is 23.2 Å². The third kappa shape index (κ3) is 3.98. The lowest BCUT2D eigenvalue weighted by atomic mass is 10.2. The Morgan fingerprint density at radius 2 is 1.72 bits per heavy atom. The number of piperazine rings is 1. The number of nitrogens with one attached hydrogen (secondary N) is 1. The first kappa shape index (κ1) is 18.3. The molecule has 148 valence electrons. The Bertz CT molecular complexity index is 1010. The summed E-state index contributed by atoms with van der Waals surface area (Å²) >= 11 is 0. The Balaban J connectivity index is 1.34. The average molecular weight is 396 g/mol. The van der Waals surface area contributed by atoms with Gasteiger partial charge in [-0.05, 0) is 12.1 Å². The number of oxazole rings is 1. The Hall–Kier alpha value is -4.02. The van der Waals surface area contributed by atoms with Crippen LogP contribution in [0.15, 0.2) is 52.1 Å². The van der Waals surface area contributed by atoms with E-state index in [-0.39, 0.29) is 35.0 Å². The van der Waals surface area contributed by atoms with Crippen LogP contribution in [0.5, 0.6) is 0 Å². The molecular weight excluding hydrogens is 380 g/mol. The SMILES string of the molecule is O=C(Nc1nc(C(=O)N2CCN(C(=O)c3ccco3)CC2)co1)c1cnccn1. The van der Waals surface area contributed by atoms with Crippen LogP contribution in [0, 0.1) is 0 Å². The second-order valence-electron chi connectivity index (χ2n) is 6.14. The Labute approximate surface area is 164 Å². The molecule has 0 unspecified atom stereocenters. The van der Waals surface area contributed by atoms with Crippen LogP contribution in [-0.4, -0.2) is 68.7 Å². The number of nitrogens with zero attached hydrogens (tertiary/aromatic N) is 5. The molecule has 1 fully saturated rings. The minimum absolute atomic E-state index is 0.0604. The van der Waals surface area contributed by atoms with Gasteiger partial charge in [0.15, 0.2) is 11.5 Å². The largest absolute Gasteiger partial charge is 0.459 e. The standard InChI is InChI=1S/C18H16N6O5/c25-15(12-10-19-3-4-20-12)22-18-21-13(11-29-18)16(26)23-5-7-24(8-6-23)17(27)14-2-1-9-28-14/h1-4,9-11H,5-8H2,(H,21,22,25). The molecule has 1 aliphatic heterocycles. The van der Waals surface area contributed by atoms with E-state index in [1.807, 2.05) is 0 Å². The first-order chi connectivity index (χ1) is 14.1. The van der Waals surface area contributed by atoms with E-state index in [1.54, 1.807) is 21.9 Å². The summed E-state index contributed by atoms with van der Waals surface area (Å²) in [5.41, 5.74) is 0.154. The van der Waals surface area contributed by atoms with Crippen molar-refractivity contribution in [2.45, 2.75) is 0 Å². The summed E-state index contributed by atoms with van der Waals surface area (Å²) in [6.07, 6.45) is 6.75. The molecule has 0 aliphatic carbocycles. The molecule has 29 heavy (non-hydrogen) atoms. The van der Waals surface area contributed by atoms with Crippen LogP contribution in [0.1, 0.15) is 31.5 Å². The van der Waals surface area contributed by atoms with Crippen molar-refractivity contribution in [3.05, 3.63) is 60.4 Å². The average Bonchev–Trinajstić information content (AvgIpc) is 3.46. The maximum Gasteiger partial charge on any atom is 0.302 e. The highest BCUT2D eigenvalue weighted by Crippen LogP contribution is 2.14. The summed E-state index contributed by atoms with van der Waals surface area (Å²) in [4.78, 5) is 51.8. The summed E-state index contributed by atoms with van der Waals surface area (Å²) in [5, 5.41) is 2.42. The third-order valence-corrected chi connectivity index (χ3v) is 4.33. The Kier molecular flexibility index (Phi) is 5.01. The van der Waals surface area contributed by atoms with Gasteiger partial charge < -0.3 is 18.6 Å². The van der Waals surface area contributed by atoms with Crippen molar-refractivity contribution in [1.82, 2.24) is 24.8 Å². The van der Waals surface area contributed by atoms with E-state index >= 15 is 0 Å². The lowest BCUT2D eigenvalue weighted by molar-refractivity contribution is 0.0515. The fraction of sp³-hybridized carbons (Fsp3) is 0.222. The lowest BCUT2D eigenvalue weighted by Gasteiger charge is -2.33. The molecule has 0 atom stereocenters. The second kappa shape index (κ2) is 7.92. The van der Waals surface area contributed by atoms with Gasteiger partial charge in [0.2, 0.25) is 0 Å². The van der Waals surface area contributed by atoms with E-state index in [1.165, 1.54) is 31.1 Å². The van der Waals surface area contributed by atoms with Crippen LogP contribution in [0.4, 0.5) is 6.01 Å². The minimum Gasteiger partial charge on any atom is -0.459 e. The molecule has 3 aromatic heterocycles. The van der Waals surface area contributed by atoms with Crippen LogP contribution in [0.3, 0.4) is 0 Å². The Morgan fingerprint density at radius 1 is 0.966 bits per heavy atom. The molecule has 11 nitrogen and oxygen atoms in total. The second-order valence-corrected chi connectivity index (χ2v) is 6.14. The fourth-order valence-corrected chi connectivity index (χ4v) is 2.84. The molecule has 0 spiro atoms. The van der Waals surface area contributed by atoms with Crippen LogP contribution in [0.2, 0.25) is 0 Å². The number of carbonyl (C=O) groups excluding carboxylic acids is 3. The highest BCUT2D eigenvalue weighted by atomic mass is 16.4. The van der Waals surface area contributed by atoms with Crippen molar-refractivity contribution in [2.75, 3.05) is 31.5 Å². The molecule has 3 amide bonds. The van der Waals surface area contributed by atoms with Gasteiger partial charge in [-0.3, -0.25) is 24.7 Å². The zero-order valence-electron chi connectivity index (χ0n) is 15.1. The maximum atomic E-state index is 12.6. The number of hydrogen-bond acceptors (Lipinski definition) is 8. The van der Waals surface area contributed by atoms with Gasteiger partial charge in [-0.25, -0.2) is 4.98 Å². The smallest absolute Gasteiger partial charge is 0.302 e. The molecule has 11 heteroatoms. The van der Waals surface area contributed by atoms with E-state index in [4.69, 9.17) is 8.83 Å². The van der Waals surface area contributed by atoms with E-state index in [0.29, 0.717) is 26.2 Å². The fourth-order valence-electron chi connectivity index (χ4n) is 2.84. The van der Waals surface area contributed by atoms with Crippen molar-refractivity contribution in [3.8, 4) is 0 Å². The van der Waals surface area contributed by atoms with E-state index in [0.717, 1.165) is 0 Å². The number of anilines is 1. The van der Waals surface area contributed by atoms with Crippen molar-refractivity contribution in [1.29, 1.82) is 0 Å². The maximum absolute atomic E-state index is 12.6. The molecule has 1 saturated heterocycles. The number of amides is 3. The highest BCUT2D eigenvalue weighted by Gasteiger charge is 2.28. The van der Waals surface area contributed by atoms with Crippen LogP contribution >= 0.6 is 0 Å². The van der Waals surface area contributed by atoms with Crippen LogP contribution < -0.4 is 5.32 Å². The molecule has 1 N–H and O–H groups in total. The quantitative estimate of drug-likeness (QED) is 0.687. The first-order valence-electron chi connectivity index (χ1n) is 8.77. The number of furan rings is 1. The normalized spacial score (nSPS) is 13.9. The van der Waals surface area contributed by atoms with Crippen LogP contribution in [-0.2, 0) is 0 Å². The lowest BCUT2D eigenvalue weighted by Crippen LogP contribution is -2.50. The third-order valence-electron chi connectivity index (χ3n) is 4.33. The zero-order valence-corrected chi connectivity index (χ0v) is 15.1. The number of aromatic nitrogens is 3. The van der Waals surface area contributed by atoms with E-state index in [9.17, 15) is 14.4 Å². The molecule has 0 aromatic carbocycles. The molecule has 0 radical (unpaired) electrons. The first-order valence-corrected chi connectivity index (χ1v) is 8.77. The predicted molar refractivity (Wildman–Crippen MR) is 97.0 cm³/mol. The molecule has 1 aliphatic rings. The van der Waals surface area contributed by atoms with Crippen molar-refractivity contribution in [2.24, 2.45) is 0 Å². The summed E-state index contributed by atoms with van der Waals surface area (Å²) in [7, 11) is 0. The van der Waals surface area contributed by atoms with Gasteiger partial charge in [-0.15, -0.1) is 0 Å².